The minimum atomic E-state index is -0.742. The number of aliphatic carboxylic acids is 1. The molecule has 2 atom stereocenters. The topological polar surface area (TPSA) is 49.8 Å². The maximum Gasteiger partial charge on any atom is 0.317 e. The first-order valence-electron chi connectivity index (χ1n) is 6.05. The highest BCUT2D eigenvalue weighted by Gasteiger charge is 2.29. The summed E-state index contributed by atoms with van der Waals surface area (Å²) in [4.78, 5) is 12.9. The third-order valence-corrected chi connectivity index (χ3v) is 3.38. The largest absolute Gasteiger partial charge is 0.480 e. The Bertz CT molecular complexity index is 230. The Morgan fingerprint density at radius 2 is 2.19 bits per heavy atom. The number of hydrogen-bond donors (Lipinski definition) is 1. The third-order valence-electron chi connectivity index (χ3n) is 3.38. The summed E-state index contributed by atoms with van der Waals surface area (Å²) in [6.45, 7) is 4.25. The van der Waals surface area contributed by atoms with E-state index in [-0.39, 0.29) is 12.6 Å². The van der Waals surface area contributed by atoms with Gasteiger partial charge >= 0.3 is 5.97 Å². The number of methoxy groups -OCH3 is 1. The van der Waals surface area contributed by atoms with Gasteiger partial charge in [-0.25, -0.2) is 0 Å². The van der Waals surface area contributed by atoms with Crippen molar-refractivity contribution >= 4 is 5.97 Å². The summed E-state index contributed by atoms with van der Waals surface area (Å²) in [7, 11) is 1.74. The molecular weight excluding hydrogens is 206 g/mol. The second-order valence-corrected chi connectivity index (χ2v) is 4.84. The lowest BCUT2D eigenvalue weighted by molar-refractivity contribution is -0.140. The molecule has 0 aromatic heterocycles. The minimum Gasteiger partial charge on any atom is -0.480 e. The monoisotopic (exact) mass is 229 g/mol. The summed E-state index contributed by atoms with van der Waals surface area (Å²) in [6, 6.07) is 0.631. The molecule has 0 heterocycles. The number of carboxylic acid groups (broad SMARTS) is 1. The van der Waals surface area contributed by atoms with E-state index in [1.807, 2.05) is 0 Å². The van der Waals surface area contributed by atoms with Crippen LogP contribution in [0.25, 0.3) is 0 Å². The van der Waals surface area contributed by atoms with E-state index in [2.05, 4.69) is 18.7 Å². The summed E-state index contributed by atoms with van der Waals surface area (Å²) in [5, 5.41) is 8.91. The fourth-order valence-corrected chi connectivity index (χ4v) is 2.53. The van der Waals surface area contributed by atoms with Crippen molar-refractivity contribution in [3.8, 4) is 0 Å². The van der Waals surface area contributed by atoms with Crippen LogP contribution >= 0.6 is 0 Å². The highest BCUT2D eigenvalue weighted by Crippen LogP contribution is 2.25. The van der Waals surface area contributed by atoms with Crippen molar-refractivity contribution in [2.75, 3.05) is 13.7 Å². The molecule has 2 unspecified atom stereocenters. The summed E-state index contributed by atoms with van der Waals surface area (Å²) < 4.78 is 5.38. The van der Waals surface area contributed by atoms with Gasteiger partial charge in [0, 0.05) is 19.2 Å². The highest BCUT2D eigenvalue weighted by molar-refractivity contribution is 5.69. The first kappa shape index (κ1) is 13.5. The highest BCUT2D eigenvalue weighted by atomic mass is 16.5. The minimum absolute atomic E-state index is 0.138. The van der Waals surface area contributed by atoms with Crippen molar-refractivity contribution < 1.29 is 14.6 Å². The first-order chi connectivity index (χ1) is 7.54. The summed E-state index contributed by atoms with van der Waals surface area (Å²) in [5.41, 5.74) is 0. The van der Waals surface area contributed by atoms with Crippen LogP contribution in [0.2, 0.25) is 0 Å². The van der Waals surface area contributed by atoms with Crippen molar-refractivity contribution in [3.63, 3.8) is 0 Å². The lowest BCUT2D eigenvalue weighted by Gasteiger charge is -2.38. The van der Waals surface area contributed by atoms with Crippen molar-refractivity contribution in [2.24, 2.45) is 0 Å². The third kappa shape index (κ3) is 3.76. The van der Waals surface area contributed by atoms with Crippen LogP contribution in [0.5, 0.6) is 0 Å². The zero-order chi connectivity index (χ0) is 12.1. The van der Waals surface area contributed by atoms with Gasteiger partial charge in [0.2, 0.25) is 0 Å². The molecule has 4 heteroatoms. The molecule has 0 spiro atoms. The second kappa shape index (κ2) is 6.21. The fraction of sp³-hybridized carbons (Fsp3) is 0.917. The van der Waals surface area contributed by atoms with E-state index in [9.17, 15) is 4.79 Å². The number of hydrogen-bond acceptors (Lipinski definition) is 3. The van der Waals surface area contributed by atoms with Crippen molar-refractivity contribution in [3.05, 3.63) is 0 Å². The van der Waals surface area contributed by atoms with Gasteiger partial charge in [0.15, 0.2) is 0 Å². The number of nitrogens with zero attached hydrogens (tertiary/aromatic N) is 1. The predicted octanol–water partition coefficient (Wildman–Crippen LogP) is 1.74. The molecule has 0 aromatic rings. The van der Waals surface area contributed by atoms with Crippen LogP contribution in [-0.2, 0) is 9.53 Å². The van der Waals surface area contributed by atoms with Crippen LogP contribution < -0.4 is 0 Å². The fourth-order valence-electron chi connectivity index (χ4n) is 2.53. The first-order valence-corrected chi connectivity index (χ1v) is 6.05. The number of ether oxygens (including phenoxy) is 1. The van der Waals surface area contributed by atoms with Gasteiger partial charge in [-0.3, -0.25) is 9.69 Å². The predicted molar refractivity (Wildman–Crippen MR) is 62.5 cm³/mol. The molecule has 1 saturated carbocycles. The molecule has 0 amide bonds. The molecule has 1 fully saturated rings. The number of rotatable bonds is 5. The Labute approximate surface area is 97.6 Å². The van der Waals surface area contributed by atoms with Gasteiger partial charge in [0.25, 0.3) is 0 Å². The molecule has 0 aliphatic heterocycles. The smallest absolute Gasteiger partial charge is 0.317 e. The Kier molecular flexibility index (Phi) is 5.22. The lowest BCUT2D eigenvalue weighted by atomic mass is 9.91. The molecule has 4 nitrogen and oxygen atoms in total. The van der Waals surface area contributed by atoms with Gasteiger partial charge in [0.1, 0.15) is 0 Å². The maximum absolute atomic E-state index is 10.8. The maximum atomic E-state index is 10.8. The van der Waals surface area contributed by atoms with Crippen LogP contribution in [0, 0.1) is 0 Å². The van der Waals surface area contributed by atoms with Crippen molar-refractivity contribution in [2.45, 2.75) is 57.7 Å². The molecule has 1 aliphatic carbocycles. The van der Waals surface area contributed by atoms with Gasteiger partial charge in [-0.05, 0) is 39.5 Å². The molecule has 1 aliphatic rings. The zero-order valence-corrected chi connectivity index (χ0v) is 10.5. The van der Waals surface area contributed by atoms with Crippen LogP contribution in [0.4, 0.5) is 0 Å². The number of carbonyl (C=O) groups is 1. The van der Waals surface area contributed by atoms with E-state index >= 15 is 0 Å². The van der Waals surface area contributed by atoms with Gasteiger partial charge in [0.05, 0.1) is 12.6 Å². The summed E-state index contributed by atoms with van der Waals surface area (Å²) in [6.07, 6.45) is 4.58. The molecule has 94 valence electrons. The van der Waals surface area contributed by atoms with Crippen molar-refractivity contribution in [1.29, 1.82) is 0 Å². The van der Waals surface area contributed by atoms with E-state index in [0.29, 0.717) is 12.1 Å². The molecule has 0 aromatic carbocycles. The van der Waals surface area contributed by atoms with E-state index in [1.54, 1.807) is 7.11 Å². The lowest BCUT2D eigenvalue weighted by Crippen LogP contribution is -2.46. The average Bonchev–Trinajstić information content (AvgIpc) is 2.25. The standard InChI is InChI=1S/C12H23NO3/c1-9(2)13(8-12(14)15)10-5-4-6-11(7-10)16-3/h9-11H,4-8H2,1-3H3,(H,14,15). The van der Waals surface area contributed by atoms with Gasteiger partial charge in [-0.1, -0.05) is 0 Å². The molecular formula is C12H23NO3. The summed E-state index contributed by atoms with van der Waals surface area (Å²) >= 11 is 0. The van der Waals surface area contributed by atoms with Crippen LogP contribution in [0.15, 0.2) is 0 Å². The van der Waals surface area contributed by atoms with E-state index < -0.39 is 5.97 Å². The zero-order valence-electron chi connectivity index (χ0n) is 10.5. The molecule has 1 rings (SSSR count). The SMILES string of the molecule is COC1CCCC(N(CC(=O)O)C(C)C)C1. The number of carboxylic acids is 1. The Morgan fingerprint density at radius 3 is 2.69 bits per heavy atom. The average molecular weight is 229 g/mol. The van der Waals surface area contributed by atoms with Crippen molar-refractivity contribution in [1.82, 2.24) is 4.90 Å². The quantitative estimate of drug-likeness (QED) is 0.780. The second-order valence-electron chi connectivity index (χ2n) is 4.84. The van der Waals surface area contributed by atoms with E-state index in [1.165, 1.54) is 0 Å². The molecule has 1 N–H and O–H groups in total. The van der Waals surface area contributed by atoms with E-state index in [4.69, 9.17) is 9.84 Å². The van der Waals surface area contributed by atoms with E-state index in [0.717, 1.165) is 25.7 Å². The molecule has 16 heavy (non-hydrogen) atoms. The van der Waals surface area contributed by atoms with Crippen LogP contribution in [0.3, 0.4) is 0 Å². The van der Waals surface area contributed by atoms with Crippen LogP contribution in [0.1, 0.15) is 39.5 Å². The van der Waals surface area contributed by atoms with Gasteiger partial charge in [-0.15, -0.1) is 0 Å². The van der Waals surface area contributed by atoms with Gasteiger partial charge in [-0.2, -0.15) is 0 Å². The Hall–Kier alpha value is -0.610. The molecule has 0 bridgehead atoms. The summed E-state index contributed by atoms with van der Waals surface area (Å²) in [5.74, 6) is -0.742. The molecule has 0 saturated heterocycles. The Morgan fingerprint density at radius 1 is 1.50 bits per heavy atom. The van der Waals surface area contributed by atoms with Gasteiger partial charge < -0.3 is 9.84 Å². The normalized spacial score (nSPS) is 26.3. The Balaban J connectivity index is 2.59. The van der Waals surface area contributed by atoms with Crippen LogP contribution in [-0.4, -0.2) is 47.8 Å². The molecule has 0 radical (unpaired) electrons.